The molecule has 1 saturated carbocycles. The van der Waals surface area contributed by atoms with Gasteiger partial charge in [0.25, 0.3) is 0 Å². The Hall–Kier alpha value is -0.0800. The maximum absolute atomic E-state index is 12.9. The molecular weight excluding hydrogens is 397 g/mol. The third-order valence-corrected chi connectivity index (χ3v) is 4.94. The van der Waals surface area contributed by atoms with Crippen molar-refractivity contribution < 1.29 is 27.8 Å². The van der Waals surface area contributed by atoms with E-state index in [1.54, 1.807) is 0 Å². The Kier molecular flexibility index (Phi) is 4.32. The number of alkyl halides is 5. The summed E-state index contributed by atoms with van der Waals surface area (Å²) < 4.78 is 43.6. The number of ether oxygens (including phenoxy) is 1. The highest BCUT2D eigenvalue weighted by Gasteiger charge is 2.52. The minimum atomic E-state index is -4.72. The summed E-state index contributed by atoms with van der Waals surface area (Å²) >= 11 is 6.74. The maximum atomic E-state index is 12.9. The quantitative estimate of drug-likeness (QED) is 0.678. The first-order valence-corrected chi connectivity index (χ1v) is 7.48. The van der Waals surface area contributed by atoms with Crippen LogP contribution in [0.25, 0.3) is 0 Å². The van der Waals surface area contributed by atoms with Gasteiger partial charge in [0.2, 0.25) is 0 Å². The van der Waals surface area contributed by atoms with Gasteiger partial charge in [-0.05, 0) is 12.8 Å². The number of rotatable bonds is 1. The van der Waals surface area contributed by atoms with Crippen LogP contribution < -0.4 is 0 Å². The minimum absolute atomic E-state index is 0.135. The fourth-order valence-electron chi connectivity index (χ4n) is 2.51. The lowest BCUT2D eigenvalue weighted by Gasteiger charge is -2.42. The van der Waals surface area contributed by atoms with Crippen LogP contribution in [0.3, 0.4) is 0 Å². The first kappa shape index (κ1) is 15.3. The van der Waals surface area contributed by atoms with Gasteiger partial charge < -0.3 is 9.84 Å². The van der Waals surface area contributed by atoms with Crippen molar-refractivity contribution in [2.24, 2.45) is 5.92 Å². The minimum Gasteiger partial charge on any atom is -0.478 e. The first-order chi connectivity index (χ1) is 8.70. The van der Waals surface area contributed by atoms with Crippen LogP contribution in [0.2, 0.25) is 0 Å². The van der Waals surface area contributed by atoms with Gasteiger partial charge in [-0.25, -0.2) is 4.79 Å². The molecule has 5 unspecified atom stereocenters. The number of hydrogen-bond donors (Lipinski definition) is 1. The predicted octanol–water partition coefficient (Wildman–Crippen LogP) is 3.26. The predicted molar refractivity (Wildman–Crippen MR) is 68.6 cm³/mol. The molecule has 108 valence electrons. The molecule has 1 heterocycles. The topological polar surface area (TPSA) is 46.5 Å². The van der Waals surface area contributed by atoms with Crippen molar-refractivity contribution in [2.45, 2.75) is 40.9 Å². The Morgan fingerprint density at radius 1 is 1.37 bits per heavy atom. The van der Waals surface area contributed by atoms with Gasteiger partial charge >= 0.3 is 12.1 Å². The van der Waals surface area contributed by atoms with E-state index in [-0.39, 0.29) is 15.6 Å². The standard InChI is InChI=1S/C11H11Br2F3O3/c12-5-1-4-2-6(10(17)18)9(11(14,15)16)19-8(4)7(13)3-5/h2,4-5,7-9H,1,3H2,(H,17,18). The normalized spacial score (nSPS) is 39.4. The summed E-state index contributed by atoms with van der Waals surface area (Å²) in [6.07, 6.45) is -5.30. The third kappa shape index (κ3) is 3.16. The highest BCUT2D eigenvalue weighted by atomic mass is 79.9. The lowest BCUT2D eigenvalue weighted by molar-refractivity contribution is -0.230. The van der Waals surface area contributed by atoms with Crippen LogP contribution >= 0.6 is 31.9 Å². The molecule has 2 rings (SSSR count). The summed E-state index contributed by atoms with van der Waals surface area (Å²) in [4.78, 5) is 10.9. The lowest BCUT2D eigenvalue weighted by atomic mass is 9.82. The second-order valence-electron chi connectivity index (χ2n) is 4.70. The van der Waals surface area contributed by atoms with Gasteiger partial charge in [-0.1, -0.05) is 37.9 Å². The average molecular weight is 408 g/mol. The summed E-state index contributed by atoms with van der Waals surface area (Å²) in [5, 5.41) is 8.92. The second-order valence-corrected chi connectivity index (χ2v) is 7.17. The van der Waals surface area contributed by atoms with Gasteiger partial charge in [-0.15, -0.1) is 0 Å². The molecule has 0 radical (unpaired) electrons. The molecule has 0 aromatic rings. The van der Waals surface area contributed by atoms with Crippen molar-refractivity contribution >= 4 is 37.8 Å². The number of halogens is 5. The van der Waals surface area contributed by atoms with E-state index in [1.807, 2.05) is 0 Å². The number of fused-ring (bicyclic) bond motifs is 1. The zero-order valence-corrected chi connectivity index (χ0v) is 12.7. The zero-order chi connectivity index (χ0) is 14.4. The van der Waals surface area contributed by atoms with E-state index in [2.05, 4.69) is 31.9 Å². The number of carboxylic acid groups (broad SMARTS) is 1. The molecule has 0 spiro atoms. The molecule has 0 aromatic carbocycles. The molecule has 3 nitrogen and oxygen atoms in total. The number of carbonyl (C=O) groups is 1. The van der Waals surface area contributed by atoms with Crippen LogP contribution in [-0.2, 0) is 9.53 Å². The average Bonchev–Trinajstić information content (AvgIpc) is 2.25. The molecule has 2 aliphatic rings. The zero-order valence-electron chi connectivity index (χ0n) is 9.53. The third-order valence-electron chi connectivity index (χ3n) is 3.30. The monoisotopic (exact) mass is 406 g/mol. The van der Waals surface area contributed by atoms with Crippen LogP contribution in [0.4, 0.5) is 13.2 Å². The van der Waals surface area contributed by atoms with Crippen LogP contribution in [0.5, 0.6) is 0 Å². The SMILES string of the molecule is O=C(O)C1=CC2CC(Br)CC(Br)C2OC1C(F)(F)F. The smallest absolute Gasteiger partial charge is 0.419 e. The van der Waals surface area contributed by atoms with Gasteiger partial charge in [0.15, 0.2) is 6.10 Å². The van der Waals surface area contributed by atoms with Crippen molar-refractivity contribution in [3.05, 3.63) is 11.6 Å². The maximum Gasteiger partial charge on any atom is 0.419 e. The summed E-state index contributed by atoms with van der Waals surface area (Å²) in [5.74, 6) is -1.91. The molecule has 0 bridgehead atoms. The van der Waals surface area contributed by atoms with E-state index < -0.39 is 29.9 Å². The molecular formula is C11H11Br2F3O3. The second kappa shape index (κ2) is 5.37. The molecule has 0 amide bonds. The molecule has 19 heavy (non-hydrogen) atoms. The fourth-order valence-corrected chi connectivity index (χ4v) is 4.81. The Labute approximate surface area is 124 Å². The van der Waals surface area contributed by atoms with Crippen LogP contribution in [-0.4, -0.2) is 39.1 Å². The Balaban J connectivity index is 2.34. The van der Waals surface area contributed by atoms with E-state index >= 15 is 0 Å². The van der Waals surface area contributed by atoms with Gasteiger partial charge in [-0.3, -0.25) is 0 Å². The van der Waals surface area contributed by atoms with Crippen molar-refractivity contribution in [2.75, 3.05) is 0 Å². The van der Waals surface area contributed by atoms with E-state index in [9.17, 15) is 18.0 Å². The Morgan fingerprint density at radius 3 is 2.53 bits per heavy atom. The lowest BCUT2D eigenvalue weighted by Crippen LogP contribution is -2.50. The van der Waals surface area contributed by atoms with E-state index in [0.29, 0.717) is 12.8 Å². The highest BCUT2D eigenvalue weighted by molar-refractivity contribution is 9.10. The van der Waals surface area contributed by atoms with Gasteiger partial charge in [0.05, 0.1) is 11.7 Å². The van der Waals surface area contributed by atoms with Gasteiger partial charge in [0.1, 0.15) is 0 Å². The van der Waals surface area contributed by atoms with E-state index in [4.69, 9.17) is 9.84 Å². The molecule has 1 aliphatic carbocycles. The fraction of sp³-hybridized carbons (Fsp3) is 0.727. The van der Waals surface area contributed by atoms with Crippen molar-refractivity contribution in [3.8, 4) is 0 Å². The molecule has 0 saturated heterocycles. The van der Waals surface area contributed by atoms with Gasteiger partial charge in [0, 0.05) is 15.6 Å². The van der Waals surface area contributed by atoms with Crippen LogP contribution in [0, 0.1) is 5.92 Å². The van der Waals surface area contributed by atoms with E-state index in [1.165, 1.54) is 6.08 Å². The number of aliphatic carboxylic acids is 1. The molecule has 5 atom stereocenters. The Morgan fingerprint density at radius 2 is 2.00 bits per heavy atom. The van der Waals surface area contributed by atoms with E-state index in [0.717, 1.165) is 0 Å². The summed E-state index contributed by atoms with van der Waals surface area (Å²) in [6, 6.07) is 0. The molecule has 8 heteroatoms. The summed E-state index contributed by atoms with van der Waals surface area (Å²) in [7, 11) is 0. The first-order valence-electron chi connectivity index (χ1n) is 5.65. The van der Waals surface area contributed by atoms with Crippen LogP contribution in [0.1, 0.15) is 12.8 Å². The van der Waals surface area contributed by atoms with Crippen LogP contribution in [0.15, 0.2) is 11.6 Å². The van der Waals surface area contributed by atoms with Gasteiger partial charge in [-0.2, -0.15) is 13.2 Å². The van der Waals surface area contributed by atoms with Crippen molar-refractivity contribution in [3.63, 3.8) is 0 Å². The molecule has 0 aromatic heterocycles. The van der Waals surface area contributed by atoms with Crippen molar-refractivity contribution in [1.29, 1.82) is 0 Å². The molecule has 1 fully saturated rings. The highest BCUT2D eigenvalue weighted by Crippen LogP contribution is 2.43. The molecule has 1 N–H and O–H groups in total. The number of carboxylic acids is 1. The summed E-state index contributed by atoms with van der Waals surface area (Å²) in [6.45, 7) is 0. The largest absolute Gasteiger partial charge is 0.478 e. The Bertz CT molecular complexity index is 410. The summed E-state index contributed by atoms with van der Waals surface area (Å²) in [5.41, 5.74) is -0.713. The molecule has 1 aliphatic heterocycles. The number of hydrogen-bond acceptors (Lipinski definition) is 2. The van der Waals surface area contributed by atoms with Crippen molar-refractivity contribution in [1.82, 2.24) is 0 Å².